The van der Waals surface area contributed by atoms with Crippen molar-refractivity contribution in [2.45, 2.75) is 6.42 Å². The van der Waals surface area contributed by atoms with Crippen LogP contribution < -0.4 is 10.5 Å². The first-order valence-electron chi connectivity index (χ1n) is 3.96. The lowest BCUT2D eigenvalue weighted by Crippen LogP contribution is -2.14. The van der Waals surface area contributed by atoms with Crippen molar-refractivity contribution in [3.63, 3.8) is 0 Å². The van der Waals surface area contributed by atoms with Crippen LogP contribution in [0.25, 0.3) is 0 Å². The summed E-state index contributed by atoms with van der Waals surface area (Å²) in [6.45, 7) is 3.20. The second-order valence-corrected chi connectivity index (χ2v) is 4.66. The Morgan fingerprint density at radius 1 is 1.36 bits per heavy atom. The number of ether oxygens (including phenoxy) is 1. The molecule has 0 aliphatic heterocycles. The first-order valence-corrected chi connectivity index (χ1v) is 6.19. The number of thiol groups is 1. The summed E-state index contributed by atoms with van der Waals surface area (Å²) < 4.78 is 8.58. The molecule has 3 N–H and O–H groups in total. The van der Waals surface area contributed by atoms with Gasteiger partial charge >= 0.3 is 0 Å². The van der Waals surface area contributed by atoms with Gasteiger partial charge in [-0.1, -0.05) is 0 Å². The Hall–Kier alpha value is 0.230. The molecule has 0 amide bonds. The van der Waals surface area contributed by atoms with Crippen molar-refractivity contribution in [3.8, 4) is 0 Å². The number of hydrogen-bond donors (Lipinski definition) is 3. The second kappa shape index (κ2) is 8.33. The quantitative estimate of drug-likeness (QED) is 0.385. The SMILES string of the molecule is C[SH](C)NCCCOCCN. The molecule has 0 aromatic rings. The molecule has 4 heteroatoms. The van der Waals surface area contributed by atoms with Crippen molar-refractivity contribution in [3.05, 3.63) is 0 Å². The van der Waals surface area contributed by atoms with Crippen LogP contribution in [0, 0.1) is 0 Å². The largest absolute Gasteiger partial charge is 0.380 e. The van der Waals surface area contributed by atoms with Crippen molar-refractivity contribution < 1.29 is 4.74 Å². The maximum Gasteiger partial charge on any atom is 0.0588 e. The summed E-state index contributed by atoms with van der Waals surface area (Å²) in [7, 11) is 0. The standard InChI is InChI=1S/C7H20N2OS/c1-11(2)9-5-3-6-10-7-4-8/h9,11H,3-8H2,1-2H3. The van der Waals surface area contributed by atoms with Gasteiger partial charge in [0.05, 0.1) is 6.61 Å². The molecule has 0 bridgehead atoms. The van der Waals surface area contributed by atoms with E-state index in [2.05, 4.69) is 17.2 Å². The molecule has 0 heterocycles. The summed E-state index contributed by atoms with van der Waals surface area (Å²) in [4.78, 5) is 0. The molecule has 70 valence electrons. The zero-order chi connectivity index (χ0) is 8.53. The monoisotopic (exact) mass is 180 g/mol. The van der Waals surface area contributed by atoms with Gasteiger partial charge < -0.3 is 10.5 Å². The summed E-state index contributed by atoms with van der Waals surface area (Å²) in [6, 6.07) is 0. The molecule has 0 fully saturated rings. The summed E-state index contributed by atoms with van der Waals surface area (Å²) in [5.41, 5.74) is 5.25. The molecule has 0 aliphatic carbocycles. The lowest BCUT2D eigenvalue weighted by atomic mass is 10.5. The van der Waals surface area contributed by atoms with Gasteiger partial charge in [-0.2, -0.15) is 0 Å². The minimum Gasteiger partial charge on any atom is -0.380 e. The average molecular weight is 180 g/mol. The van der Waals surface area contributed by atoms with Crippen molar-refractivity contribution in [2.75, 3.05) is 38.8 Å². The molecule has 0 radical (unpaired) electrons. The molecular weight excluding hydrogens is 160 g/mol. The van der Waals surface area contributed by atoms with E-state index in [4.69, 9.17) is 10.5 Å². The smallest absolute Gasteiger partial charge is 0.0588 e. The summed E-state index contributed by atoms with van der Waals surface area (Å²) >= 11 is 0.0448. The summed E-state index contributed by atoms with van der Waals surface area (Å²) in [5.74, 6) is 0. The highest BCUT2D eigenvalue weighted by Gasteiger charge is 1.88. The van der Waals surface area contributed by atoms with Crippen LogP contribution in [-0.2, 0) is 4.74 Å². The van der Waals surface area contributed by atoms with E-state index < -0.39 is 0 Å². The summed E-state index contributed by atoms with van der Waals surface area (Å²) in [6.07, 6.45) is 5.49. The van der Waals surface area contributed by atoms with Crippen LogP contribution in [0.2, 0.25) is 0 Å². The van der Waals surface area contributed by atoms with Crippen LogP contribution in [0.1, 0.15) is 6.42 Å². The zero-order valence-electron chi connectivity index (χ0n) is 7.47. The van der Waals surface area contributed by atoms with E-state index in [1.165, 1.54) is 0 Å². The molecule has 0 unspecified atom stereocenters. The van der Waals surface area contributed by atoms with Gasteiger partial charge in [-0.3, -0.25) is 4.72 Å². The number of nitrogens with two attached hydrogens (primary N) is 1. The van der Waals surface area contributed by atoms with Gasteiger partial charge in [-0.15, -0.1) is 0 Å². The van der Waals surface area contributed by atoms with E-state index >= 15 is 0 Å². The van der Waals surface area contributed by atoms with E-state index in [9.17, 15) is 0 Å². The molecule has 0 spiro atoms. The highest BCUT2D eigenvalue weighted by atomic mass is 32.2. The Morgan fingerprint density at radius 2 is 2.09 bits per heavy atom. The molecule has 11 heavy (non-hydrogen) atoms. The van der Waals surface area contributed by atoms with E-state index in [0.29, 0.717) is 13.2 Å². The second-order valence-electron chi connectivity index (χ2n) is 2.56. The van der Waals surface area contributed by atoms with Gasteiger partial charge in [-0.05, 0) is 18.9 Å². The first kappa shape index (κ1) is 11.2. The minimum atomic E-state index is 0.0448. The molecule has 0 aromatic carbocycles. The fourth-order valence-electron chi connectivity index (χ4n) is 0.662. The predicted molar refractivity (Wildman–Crippen MR) is 53.3 cm³/mol. The van der Waals surface area contributed by atoms with Gasteiger partial charge in [0.15, 0.2) is 0 Å². The Morgan fingerprint density at radius 3 is 2.64 bits per heavy atom. The molecule has 0 aliphatic rings. The number of rotatable bonds is 7. The van der Waals surface area contributed by atoms with Gasteiger partial charge in [0.1, 0.15) is 0 Å². The van der Waals surface area contributed by atoms with Crippen LogP contribution in [0.3, 0.4) is 0 Å². The summed E-state index contributed by atoms with van der Waals surface area (Å²) in [5, 5.41) is 0. The van der Waals surface area contributed by atoms with E-state index in [-0.39, 0.29) is 11.1 Å². The molecule has 0 rings (SSSR count). The predicted octanol–water partition coefficient (Wildman–Crippen LogP) is 0.117. The molecule has 0 saturated carbocycles. The minimum absolute atomic E-state index is 0.0448. The third-order valence-electron chi connectivity index (χ3n) is 1.16. The Labute approximate surface area is 72.2 Å². The van der Waals surface area contributed by atoms with Crippen LogP contribution in [0.4, 0.5) is 0 Å². The topological polar surface area (TPSA) is 47.3 Å². The zero-order valence-corrected chi connectivity index (χ0v) is 8.36. The van der Waals surface area contributed by atoms with Crippen LogP contribution in [0.15, 0.2) is 0 Å². The van der Waals surface area contributed by atoms with Crippen molar-refractivity contribution in [2.24, 2.45) is 5.73 Å². The van der Waals surface area contributed by atoms with Crippen molar-refractivity contribution in [1.82, 2.24) is 4.72 Å². The van der Waals surface area contributed by atoms with Crippen molar-refractivity contribution >= 4 is 11.1 Å². The van der Waals surface area contributed by atoms with Gasteiger partial charge in [-0.25, -0.2) is 11.1 Å². The maximum atomic E-state index is 5.25. The Balaban J connectivity index is 2.80. The maximum absolute atomic E-state index is 5.25. The molecule has 0 saturated heterocycles. The highest BCUT2D eigenvalue weighted by molar-refractivity contribution is 8.14. The fraction of sp³-hybridized carbons (Fsp3) is 1.00. The Bertz CT molecular complexity index is 80.8. The van der Waals surface area contributed by atoms with E-state index in [0.717, 1.165) is 19.6 Å². The van der Waals surface area contributed by atoms with E-state index in [1.807, 2.05) is 0 Å². The van der Waals surface area contributed by atoms with E-state index in [1.54, 1.807) is 0 Å². The van der Waals surface area contributed by atoms with Gasteiger partial charge in [0, 0.05) is 19.7 Å². The number of nitrogens with one attached hydrogen (secondary N) is 1. The molecule has 3 nitrogen and oxygen atoms in total. The van der Waals surface area contributed by atoms with Gasteiger partial charge in [0.25, 0.3) is 0 Å². The average Bonchev–Trinajstić information content (AvgIpc) is 1.96. The lowest BCUT2D eigenvalue weighted by Gasteiger charge is -2.10. The van der Waals surface area contributed by atoms with Crippen LogP contribution in [-0.4, -0.2) is 38.8 Å². The third kappa shape index (κ3) is 10.2. The lowest BCUT2D eigenvalue weighted by molar-refractivity contribution is 0.140. The molecular formula is C7H20N2OS. The normalized spacial score (nSPS) is 11.7. The highest BCUT2D eigenvalue weighted by Crippen LogP contribution is 2.04. The first-order chi connectivity index (χ1) is 5.27. The third-order valence-corrected chi connectivity index (χ3v) is 2.01. The molecule has 0 aromatic heterocycles. The Kier molecular flexibility index (Phi) is 8.50. The van der Waals surface area contributed by atoms with Crippen LogP contribution >= 0.6 is 11.1 Å². The number of hydrogen-bond acceptors (Lipinski definition) is 3. The van der Waals surface area contributed by atoms with Gasteiger partial charge in [0.2, 0.25) is 0 Å². The van der Waals surface area contributed by atoms with Crippen LogP contribution in [0.5, 0.6) is 0 Å². The van der Waals surface area contributed by atoms with Crippen molar-refractivity contribution in [1.29, 1.82) is 0 Å². The fourth-order valence-corrected chi connectivity index (χ4v) is 1.27. The molecule has 0 atom stereocenters.